The van der Waals surface area contributed by atoms with Crippen LogP contribution in [0.3, 0.4) is 0 Å². The normalized spacial score (nSPS) is 16.4. The lowest BCUT2D eigenvalue weighted by atomic mass is 10.0. The summed E-state index contributed by atoms with van der Waals surface area (Å²) in [4.78, 5) is 20.3. The van der Waals surface area contributed by atoms with E-state index < -0.39 is 5.97 Å². The van der Waals surface area contributed by atoms with Crippen LogP contribution >= 0.6 is 11.8 Å². The van der Waals surface area contributed by atoms with Gasteiger partial charge in [0.05, 0.1) is 5.69 Å². The third-order valence-corrected chi connectivity index (χ3v) is 4.81. The molecule has 0 aromatic carbocycles. The van der Waals surface area contributed by atoms with Crippen LogP contribution in [0.2, 0.25) is 0 Å². The van der Waals surface area contributed by atoms with Crippen molar-refractivity contribution in [3.63, 3.8) is 0 Å². The van der Waals surface area contributed by atoms with Crippen LogP contribution in [0, 0.1) is 12.8 Å². The lowest BCUT2D eigenvalue weighted by Crippen LogP contribution is -2.18. The first-order valence-electron chi connectivity index (χ1n) is 7.31. The fraction of sp³-hybridized carbons (Fsp3) is 0.667. The molecular weight excluding hydrogens is 288 g/mol. The Bertz CT molecular complexity index is 514. The average Bonchev–Trinajstić information content (AvgIpc) is 2.45. The first-order chi connectivity index (χ1) is 9.99. The van der Waals surface area contributed by atoms with Crippen LogP contribution in [0.5, 0.6) is 0 Å². The van der Waals surface area contributed by atoms with Crippen molar-refractivity contribution in [3.05, 3.63) is 17.1 Å². The summed E-state index contributed by atoms with van der Waals surface area (Å²) in [7, 11) is 0. The van der Waals surface area contributed by atoms with Crippen molar-refractivity contribution >= 4 is 17.7 Å². The van der Waals surface area contributed by atoms with E-state index >= 15 is 0 Å². The van der Waals surface area contributed by atoms with E-state index in [0.717, 1.165) is 31.8 Å². The molecule has 1 saturated heterocycles. The molecule has 1 aromatic heterocycles. The van der Waals surface area contributed by atoms with Crippen molar-refractivity contribution in [1.82, 2.24) is 9.97 Å². The van der Waals surface area contributed by atoms with Crippen molar-refractivity contribution in [1.29, 1.82) is 0 Å². The SMILES string of the molecule is Cc1nc(C(C)C)nc(SCC2CCOCC2)c1C(=O)O. The molecule has 0 atom stereocenters. The molecule has 1 fully saturated rings. The maximum absolute atomic E-state index is 11.5. The molecule has 6 heteroatoms. The van der Waals surface area contributed by atoms with Gasteiger partial charge in [0.25, 0.3) is 0 Å². The highest BCUT2D eigenvalue weighted by Crippen LogP contribution is 2.29. The number of rotatable bonds is 5. The Balaban J connectivity index is 2.20. The van der Waals surface area contributed by atoms with E-state index in [9.17, 15) is 9.90 Å². The van der Waals surface area contributed by atoms with E-state index in [-0.39, 0.29) is 11.5 Å². The Hall–Kier alpha value is -1.14. The molecule has 2 rings (SSSR count). The number of ether oxygens (including phenoxy) is 1. The van der Waals surface area contributed by atoms with Gasteiger partial charge in [-0.2, -0.15) is 0 Å². The van der Waals surface area contributed by atoms with E-state index in [0.29, 0.717) is 22.5 Å². The average molecular weight is 310 g/mol. The van der Waals surface area contributed by atoms with Crippen LogP contribution in [0.1, 0.15) is 54.5 Å². The van der Waals surface area contributed by atoms with Crippen LogP contribution in [-0.4, -0.2) is 40.0 Å². The van der Waals surface area contributed by atoms with E-state index in [4.69, 9.17) is 4.74 Å². The van der Waals surface area contributed by atoms with Crippen LogP contribution in [0.4, 0.5) is 0 Å². The van der Waals surface area contributed by atoms with Crippen molar-refractivity contribution in [2.24, 2.45) is 5.92 Å². The van der Waals surface area contributed by atoms with Gasteiger partial charge < -0.3 is 9.84 Å². The minimum atomic E-state index is -0.947. The number of nitrogens with zero attached hydrogens (tertiary/aromatic N) is 2. The second-order valence-electron chi connectivity index (χ2n) is 5.67. The largest absolute Gasteiger partial charge is 0.478 e. The Morgan fingerprint density at radius 2 is 2.05 bits per heavy atom. The van der Waals surface area contributed by atoms with Crippen molar-refractivity contribution in [2.75, 3.05) is 19.0 Å². The van der Waals surface area contributed by atoms with E-state index in [1.165, 1.54) is 0 Å². The maximum Gasteiger partial charge on any atom is 0.340 e. The molecule has 0 saturated carbocycles. The van der Waals surface area contributed by atoms with E-state index in [1.807, 2.05) is 13.8 Å². The molecular formula is C15H22N2O3S. The van der Waals surface area contributed by atoms with Crippen LogP contribution in [-0.2, 0) is 4.74 Å². The van der Waals surface area contributed by atoms with Crippen molar-refractivity contribution < 1.29 is 14.6 Å². The van der Waals surface area contributed by atoms with Crippen molar-refractivity contribution in [3.8, 4) is 0 Å². The van der Waals surface area contributed by atoms with Gasteiger partial charge in [0.2, 0.25) is 0 Å². The summed E-state index contributed by atoms with van der Waals surface area (Å²) in [5, 5.41) is 10.0. The highest BCUT2D eigenvalue weighted by atomic mass is 32.2. The molecule has 1 N–H and O–H groups in total. The lowest BCUT2D eigenvalue weighted by Gasteiger charge is -2.21. The molecule has 5 nitrogen and oxygen atoms in total. The summed E-state index contributed by atoms with van der Waals surface area (Å²) in [6.45, 7) is 7.38. The summed E-state index contributed by atoms with van der Waals surface area (Å²) in [6.07, 6.45) is 2.08. The first kappa shape index (κ1) is 16.2. The van der Waals surface area contributed by atoms with Gasteiger partial charge in [-0.25, -0.2) is 14.8 Å². The molecule has 0 spiro atoms. The van der Waals surface area contributed by atoms with Crippen LogP contribution < -0.4 is 0 Å². The predicted octanol–water partition coefficient (Wildman–Crippen LogP) is 3.13. The van der Waals surface area contributed by atoms with Gasteiger partial charge in [-0.1, -0.05) is 13.8 Å². The number of aryl methyl sites for hydroxylation is 1. The number of carboxylic acid groups (broad SMARTS) is 1. The fourth-order valence-electron chi connectivity index (χ4n) is 2.29. The second-order valence-corrected chi connectivity index (χ2v) is 6.68. The minimum absolute atomic E-state index is 0.189. The van der Waals surface area contributed by atoms with Crippen molar-refractivity contribution in [2.45, 2.75) is 44.6 Å². The molecule has 1 aromatic rings. The third kappa shape index (κ3) is 4.17. The zero-order valence-corrected chi connectivity index (χ0v) is 13.6. The zero-order valence-electron chi connectivity index (χ0n) is 12.8. The maximum atomic E-state index is 11.5. The topological polar surface area (TPSA) is 72.3 Å². The monoisotopic (exact) mass is 310 g/mol. The van der Waals surface area contributed by atoms with Gasteiger partial charge in [-0.15, -0.1) is 11.8 Å². The van der Waals surface area contributed by atoms with Gasteiger partial charge in [-0.05, 0) is 25.7 Å². The fourth-order valence-corrected chi connectivity index (χ4v) is 3.55. The highest BCUT2D eigenvalue weighted by Gasteiger charge is 2.21. The Kier molecular flexibility index (Phi) is 5.58. The summed E-state index contributed by atoms with van der Waals surface area (Å²) >= 11 is 1.54. The van der Waals surface area contributed by atoms with Gasteiger partial charge in [0, 0.05) is 24.9 Å². The molecule has 0 aliphatic carbocycles. The minimum Gasteiger partial charge on any atom is -0.478 e. The molecule has 2 heterocycles. The molecule has 0 unspecified atom stereocenters. The number of aromatic nitrogens is 2. The van der Waals surface area contributed by atoms with Crippen LogP contribution in [0.25, 0.3) is 0 Å². The van der Waals surface area contributed by atoms with E-state index in [2.05, 4.69) is 9.97 Å². The summed E-state index contributed by atoms with van der Waals surface area (Å²) in [5.74, 6) is 1.42. The Morgan fingerprint density at radius 3 is 2.62 bits per heavy atom. The number of aromatic carboxylic acids is 1. The summed E-state index contributed by atoms with van der Waals surface area (Å²) < 4.78 is 5.35. The van der Waals surface area contributed by atoms with E-state index in [1.54, 1.807) is 18.7 Å². The smallest absolute Gasteiger partial charge is 0.340 e. The Labute approximate surface area is 129 Å². The van der Waals surface area contributed by atoms with Gasteiger partial charge in [0.1, 0.15) is 16.4 Å². The number of carboxylic acids is 1. The Morgan fingerprint density at radius 1 is 1.38 bits per heavy atom. The van der Waals surface area contributed by atoms with Crippen LogP contribution in [0.15, 0.2) is 5.03 Å². The second kappa shape index (κ2) is 7.22. The standard InChI is InChI=1S/C15H22N2O3S/c1-9(2)13-16-10(3)12(15(18)19)14(17-13)21-8-11-4-6-20-7-5-11/h9,11H,4-8H2,1-3H3,(H,18,19). The molecule has 0 amide bonds. The summed E-state index contributed by atoms with van der Waals surface area (Å²) in [6, 6.07) is 0. The summed E-state index contributed by atoms with van der Waals surface area (Å²) in [5.41, 5.74) is 0.798. The lowest BCUT2D eigenvalue weighted by molar-refractivity contribution is 0.0689. The van der Waals surface area contributed by atoms with Gasteiger partial charge in [-0.3, -0.25) is 0 Å². The molecule has 1 aliphatic rings. The molecule has 1 aliphatic heterocycles. The third-order valence-electron chi connectivity index (χ3n) is 3.60. The zero-order chi connectivity index (χ0) is 15.4. The first-order valence-corrected chi connectivity index (χ1v) is 8.30. The molecule has 0 bridgehead atoms. The van der Waals surface area contributed by atoms with Gasteiger partial charge >= 0.3 is 5.97 Å². The van der Waals surface area contributed by atoms with Gasteiger partial charge in [0.15, 0.2) is 0 Å². The molecule has 21 heavy (non-hydrogen) atoms. The molecule has 116 valence electrons. The number of thioether (sulfide) groups is 1. The number of hydrogen-bond donors (Lipinski definition) is 1. The quantitative estimate of drug-likeness (QED) is 0.665. The highest BCUT2D eigenvalue weighted by molar-refractivity contribution is 7.99. The number of carbonyl (C=O) groups is 1. The predicted molar refractivity (Wildman–Crippen MR) is 82.1 cm³/mol. The molecule has 0 radical (unpaired) electrons. The number of hydrogen-bond acceptors (Lipinski definition) is 5.